The summed E-state index contributed by atoms with van der Waals surface area (Å²) in [5.41, 5.74) is 1.02. The molecule has 1 aromatic carbocycles. The van der Waals surface area contributed by atoms with Gasteiger partial charge in [0.05, 0.1) is 25.3 Å². The molecule has 6 nitrogen and oxygen atoms in total. The van der Waals surface area contributed by atoms with Crippen LogP contribution in [0.3, 0.4) is 0 Å². The van der Waals surface area contributed by atoms with Gasteiger partial charge in [-0.2, -0.15) is 9.19 Å². The van der Waals surface area contributed by atoms with Crippen molar-refractivity contribution in [2.24, 2.45) is 0 Å². The van der Waals surface area contributed by atoms with E-state index in [0.29, 0.717) is 16.9 Å². The Kier molecular flexibility index (Phi) is 3.48. The summed E-state index contributed by atoms with van der Waals surface area (Å²) in [6.45, 7) is 1.54. The minimum Gasteiger partial charge on any atom is -0.507 e. The number of phenolic OH excluding ortho intramolecular Hbond substituents is 1. The second kappa shape index (κ2) is 4.93. The highest BCUT2D eigenvalue weighted by Gasteiger charge is 2.14. The Morgan fingerprint density at radius 1 is 1.42 bits per heavy atom. The van der Waals surface area contributed by atoms with E-state index in [9.17, 15) is 13.5 Å². The van der Waals surface area contributed by atoms with Crippen LogP contribution < -0.4 is 4.74 Å². The van der Waals surface area contributed by atoms with E-state index in [1.54, 1.807) is 19.1 Å². The number of ether oxygens (including phenoxy) is 1. The van der Waals surface area contributed by atoms with Crippen LogP contribution in [0.5, 0.6) is 11.5 Å². The molecule has 0 spiro atoms. The van der Waals surface area contributed by atoms with Gasteiger partial charge < -0.3 is 9.84 Å². The number of hydrogen-bond donors (Lipinski definition) is 1. The van der Waals surface area contributed by atoms with Gasteiger partial charge in [-0.25, -0.2) is 8.42 Å². The van der Waals surface area contributed by atoms with Crippen molar-refractivity contribution in [1.29, 1.82) is 0 Å². The maximum atomic E-state index is 11.6. The average molecular weight is 282 g/mol. The molecule has 0 aliphatic rings. The number of rotatable bonds is 4. The molecular formula is C12H14N2O4S. The van der Waals surface area contributed by atoms with E-state index < -0.39 is 10.0 Å². The molecule has 7 heteroatoms. The summed E-state index contributed by atoms with van der Waals surface area (Å²) in [5.74, 6) is 0.491. The van der Waals surface area contributed by atoms with Crippen molar-refractivity contribution in [1.82, 2.24) is 9.19 Å². The van der Waals surface area contributed by atoms with Crippen molar-refractivity contribution in [3.8, 4) is 22.6 Å². The maximum Gasteiger partial charge on any atom is 0.253 e. The molecule has 0 bridgehead atoms. The van der Waals surface area contributed by atoms with Crippen molar-refractivity contribution in [3.63, 3.8) is 0 Å². The molecular weight excluding hydrogens is 268 g/mol. The van der Waals surface area contributed by atoms with E-state index in [0.717, 1.165) is 4.09 Å². The van der Waals surface area contributed by atoms with Crippen molar-refractivity contribution in [2.75, 3.05) is 12.9 Å². The number of nitrogens with zero attached hydrogens (tertiary/aromatic N) is 2. The number of phenols is 1. The molecule has 0 aliphatic heterocycles. The molecule has 0 fully saturated rings. The summed E-state index contributed by atoms with van der Waals surface area (Å²) in [7, 11) is -1.91. The normalized spacial score (nSPS) is 11.5. The Morgan fingerprint density at radius 3 is 2.74 bits per heavy atom. The second-order valence-electron chi connectivity index (χ2n) is 3.89. The van der Waals surface area contributed by atoms with E-state index in [4.69, 9.17) is 4.74 Å². The molecule has 0 radical (unpaired) electrons. The maximum absolute atomic E-state index is 11.6. The quantitative estimate of drug-likeness (QED) is 0.918. The molecule has 0 saturated carbocycles. The lowest BCUT2D eigenvalue weighted by Crippen LogP contribution is -2.14. The lowest BCUT2D eigenvalue weighted by molar-refractivity contribution is 0.408. The molecule has 0 atom stereocenters. The standard InChI is InChI=1S/C12H14N2O4S/c1-3-19(16,17)14-8-9(7-13-14)11-5-4-10(18-2)6-12(11)15/h4-8,15H,3H2,1-2H3. The second-order valence-corrected chi connectivity index (χ2v) is 6.00. The van der Waals surface area contributed by atoms with Gasteiger partial charge in [-0.1, -0.05) is 0 Å². The number of aromatic nitrogens is 2. The third kappa shape index (κ3) is 2.55. The lowest BCUT2D eigenvalue weighted by atomic mass is 10.1. The fourth-order valence-electron chi connectivity index (χ4n) is 1.61. The fourth-order valence-corrected chi connectivity index (χ4v) is 2.34. The van der Waals surface area contributed by atoms with Gasteiger partial charge in [0, 0.05) is 17.2 Å². The van der Waals surface area contributed by atoms with Gasteiger partial charge in [-0.3, -0.25) is 0 Å². The van der Waals surface area contributed by atoms with E-state index in [1.807, 2.05) is 0 Å². The highest BCUT2D eigenvalue weighted by molar-refractivity contribution is 7.89. The van der Waals surface area contributed by atoms with Crippen molar-refractivity contribution in [2.45, 2.75) is 6.92 Å². The summed E-state index contributed by atoms with van der Waals surface area (Å²) in [4.78, 5) is 0. The molecule has 0 unspecified atom stereocenters. The first-order valence-corrected chi connectivity index (χ1v) is 7.24. The molecule has 19 heavy (non-hydrogen) atoms. The number of benzene rings is 1. The van der Waals surface area contributed by atoms with Gasteiger partial charge in [-0.05, 0) is 19.1 Å². The molecule has 0 saturated heterocycles. The first kappa shape index (κ1) is 13.4. The van der Waals surface area contributed by atoms with E-state index in [2.05, 4.69) is 5.10 Å². The van der Waals surface area contributed by atoms with Crippen LogP contribution in [0.15, 0.2) is 30.6 Å². The van der Waals surface area contributed by atoms with Crippen molar-refractivity contribution >= 4 is 10.0 Å². The third-order valence-electron chi connectivity index (χ3n) is 2.73. The SMILES string of the molecule is CCS(=O)(=O)n1cc(-c2ccc(OC)cc2O)cn1. The Labute approximate surface area is 111 Å². The summed E-state index contributed by atoms with van der Waals surface area (Å²) in [5, 5.41) is 13.7. The Morgan fingerprint density at radius 2 is 2.16 bits per heavy atom. The molecule has 1 N–H and O–H groups in total. The van der Waals surface area contributed by atoms with Gasteiger partial charge in [-0.15, -0.1) is 0 Å². The number of aromatic hydroxyl groups is 1. The summed E-state index contributed by atoms with van der Waals surface area (Å²) in [6.07, 6.45) is 2.77. The lowest BCUT2D eigenvalue weighted by Gasteiger charge is -2.04. The fraction of sp³-hybridized carbons (Fsp3) is 0.250. The Balaban J connectivity index is 2.44. The first-order valence-electron chi connectivity index (χ1n) is 5.63. The Hall–Kier alpha value is -2.02. The third-order valence-corrected chi connectivity index (χ3v) is 4.23. The monoisotopic (exact) mass is 282 g/mol. The average Bonchev–Trinajstić information content (AvgIpc) is 2.88. The molecule has 2 rings (SSSR count). The molecule has 1 aromatic heterocycles. The highest BCUT2D eigenvalue weighted by atomic mass is 32.2. The van der Waals surface area contributed by atoms with Crippen LogP contribution in [0.1, 0.15) is 6.92 Å². The van der Waals surface area contributed by atoms with Gasteiger partial charge in [0.2, 0.25) is 0 Å². The zero-order chi connectivity index (χ0) is 14.0. The van der Waals surface area contributed by atoms with Crippen molar-refractivity contribution in [3.05, 3.63) is 30.6 Å². The largest absolute Gasteiger partial charge is 0.507 e. The summed E-state index contributed by atoms with van der Waals surface area (Å²) >= 11 is 0. The van der Waals surface area contributed by atoms with Crippen LogP contribution in [0.2, 0.25) is 0 Å². The molecule has 0 aliphatic carbocycles. The van der Waals surface area contributed by atoms with Gasteiger partial charge in [0.1, 0.15) is 11.5 Å². The predicted molar refractivity (Wildman–Crippen MR) is 70.7 cm³/mol. The number of hydrogen-bond acceptors (Lipinski definition) is 5. The van der Waals surface area contributed by atoms with Crippen LogP contribution in [-0.4, -0.2) is 35.6 Å². The highest BCUT2D eigenvalue weighted by Crippen LogP contribution is 2.32. The summed E-state index contributed by atoms with van der Waals surface area (Å²) in [6, 6.07) is 4.79. The molecule has 0 amide bonds. The molecule has 102 valence electrons. The van der Waals surface area contributed by atoms with Crippen LogP contribution in [-0.2, 0) is 10.0 Å². The molecule has 2 aromatic rings. The zero-order valence-corrected chi connectivity index (χ0v) is 11.4. The smallest absolute Gasteiger partial charge is 0.253 e. The Bertz CT molecular complexity index is 692. The minimum absolute atomic E-state index is 0.00722. The van der Waals surface area contributed by atoms with Crippen molar-refractivity contribution < 1.29 is 18.3 Å². The van der Waals surface area contributed by atoms with E-state index in [1.165, 1.54) is 25.6 Å². The zero-order valence-electron chi connectivity index (χ0n) is 10.6. The van der Waals surface area contributed by atoms with Crippen LogP contribution in [0.25, 0.3) is 11.1 Å². The van der Waals surface area contributed by atoms with Crippen LogP contribution in [0, 0.1) is 0 Å². The van der Waals surface area contributed by atoms with E-state index >= 15 is 0 Å². The summed E-state index contributed by atoms with van der Waals surface area (Å²) < 4.78 is 29.2. The number of methoxy groups -OCH3 is 1. The molecule has 1 heterocycles. The first-order chi connectivity index (χ1) is 8.97. The van der Waals surface area contributed by atoms with Crippen LogP contribution >= 0.6 is 0 Å². The minimum atomic E-state index is -3.41. The topological polar surface area (TPSA) is 81.4 Å². The van der Waals surface area contributed by atoms with Crippen LogP contribution in [0.4, 0.5) is 0 Å². The van der Waals surface area contributed by atoms with Gasteiger partial charge in [0.25, 0.3) is 10.0 Å². The van der Waals surface area contributed by atoms with E-state index in [-0.39, 0.29) is 11.5 Å². The van der Waals surface area contributed by atoms with Gasteiger partial charge >= 0.3 is 0 Å². The van der Waals surface area contributed by atoms with Gasteiger partial charge in [0.15, 0.2) is 0 Å². The predicted octanol–water partition coefficient (Wildman–Crippen LogP) is 1.46.